The Hall–Kier alpha value is -4.25. The molecule has 0 spiro atoms. The molecule has 1 aliphatic heterocycles. The molecule has 11 heteroatoms. The summed E-state index contributed by atoms with van der Waals surface area (Å²) in [5.74, 6) is 2.85. The summed E-state index contributed by atoms with van der Waals surface area (Å²) in [6.45, 7) is 5.41. The molecule has 1 unspecified atom stereocenters. The van der Waals surface area contributed by atoms with Crippen LogP contribution in [0.3, 0.4) is 0 Å². The van der Waals surface area contributed by atoms with Gasteiger partial charge in [0, 0.05) is 37.8 Å². The van der Waals surface area contributed by atoms with Gasteiger partial charge in [0.25, 0.3) is 5.91 Å². The van der Waals surface area contributed by atoms with E-state index >= 15 is 0 Å². The van der Waals surface area contributed by atoms with Crippen molar-refractivity contribution in [2.45, 2.75) is 37.9 Å². The lowest BCUT2D eigenvalue weighted by Crippen LogP contribution is -2.55. The molecule has 10 nitrogen and oxygen atoms in total. The van der Waals surface area contributed by atoms with Gasteiger partial charge >= 0.3 is 0 Å². The Morgan fingerprint density at radius 1 is 1.00 bits per heavy atom. The zero-order valence-electron chi connectivity index (χ0n) is 24.3. The van der Waals surface area contributed by atoms with Gasteiger partial charge in [-0.3, -0.25) is 14.2 Å². The van der Waals surface area contributed by atoms with Crippen LogP contribution in [0.4, 0.5) is 0 Å². The van der Waals surface area contributed by atoms with E-state index in [1.165, 1.54) is 14.2 Å². The zero-order chi connectivity index (χ0) is 29.6. The topological polar surface area (TPSA) is 103 Å². The van der Waals surface area contributed by atoms with Crippen LogP contribution >= 0.6 is 11.8 Å². The smallest absolute Gasteiger partial charge is 0.261 e. The number of hydrogen-bond acceptors (Lipinski definition) is 8. The summed E-state index contributed by atoms with van der Waals surface area (Å²) in [6, 6.07) is 16.9. The van der Waals surface area contributed by atoms with E-state index in [9.17, 15) is 9.59 Å². The second kappa shape index (κ2) is 13.2. The maximum Gasteiger partial charge on any atom is 0.261 e. The number of furan rings is 1. The molecule has 42 heavy (non-hydrogen) atoms. The molecule has 220 valence electrons. The molecule has 0 radical (unpaired) electrons. The van der Waals surface area contributed by atoms with Gasteiger partial charge in [-0.2, -0.15) is 0 Å². The van der Waals surface area contributed by atoms with Gasteiger partial charge in [-0.15, -0.1) is 10.2 Å². The summed E-state index contributed by atoms with van der Waals surface area (Å²) >= 11 is 1.57. The Morgan fingerprint density at radius 3 is 2.43 bits per heavy atom. The fraction of sp³-hybridized carbons (Fsp3) is 0.355. The highest BCUT2D eigenvalue weighted by Crippen LogP contribution is 2.32. The number of aryl methyl sites for hydroxylation is 1. The van der Waals surface area contributed by atoms with Gasteiger partial charge in [0.2, 0.25) is 11.7 Å². The number of hydrogen-bond donors (Lipinski definition) is 0. The molecular formula is C31H35N5O5S. The number of nitrogens with zero attached hydrogens (tertiary/aromatic N) is 5. The number of piperazine rings is 1. The number of amides is 2. The molecule has 1 saturated heterocycles. The fourth-order valence-corrected chi connectivity index (χ4v) is 6.08. The fourth-order valence-electron chi connectivity index (χ4n) is 5.20. The first kappa shape index (κ1) is 29.2. The number of carbonyl (C=O) groups is 2. The van der Waals surface area contributed by atoms with Gasteiger partial charge in [-0.05, 0) is 56.2 Å². The quantitative estimate of drug-likeness (QED) is 0.186. The molecule has 2 amide bonds. The van der Waals surface area contributed by atoms with Crippen LogP contribution in [0.15, 0.2) is 70.4 Å². The molecule has 5 rings (SSSR count). The van der Waals surface area contributed by atoms with Gasteiger partial charge in [-0.1, -0.05) is 36.0 Å². The van der Waals surface area contributed by atoms with Crippen LogP contribution in [-0.2, 0) is 4.79 Å². The number of thioether (sulfide) groups is 1. The molecule has 1 fully saturated rings. The maximum absolute atomic E-state index is 13.5. The molecule has 1 aliphatic rings. The number of carbonyl (C=O) groups excluding carboxylic acids is 2. The number of methoxy groups -OCH3 is 2. The molecule has 1 atom stereocenters. The number of benzene rings is 2. The Balaban J connectivity index is 1.18. The minimum absolute atomic E-state index is 0.0843. The van der Waals surface area contributed by atoms with E-state index in [0.717, 1.165) is 16.4 Å². The van der Waals surface area contributed by atoms with Crippen molar-refractivity contribution >= 4 is 23.6 Å². The second-order valence-corrected chi connectivity index (χ2v) is 11.1. The van der Waals surface area contributed by atoms with Gasteiger partial charge in [0.15, 0.2) is 10.9 Å². The number of aromatic nitrogens is 3. The van der Waals surface area contributed by atoms with E-state index in [4.69, 9.17) is 13.9 Å². The van der Waals surface area contributed by atoms with Crippen molar-refractivity contribution < 1.29 is 23.5 Å². The number of para-hydroxylation sites is 1. The van der Waals surface area contributed by atoms with E-state index in [0.29, 0.717) is 66.9 Å². The third kappa shape index (κ3) is 6.01. The average Bonchev–Trinajstić information content (AvgIpc) is 3.69. The lowest BCUT2D eigenvalue weighted by Gasteiger charge is -2.40. The molecule has 3 heterocycles. The Kier molecular flexibility index (Phi) is 9.16. The molecule has 0 bridgehead atoms. The maximum atomic E-state index is 13.5. The highest BCUT2D eigenvalue weighted by atomic mass is 32.2. The lowest BCUT2D eigenvalue weighted by molar-refractivity contribution is -0.133. The highest BCUT2D eigenvalue weighted by Gasteiger charge is 2.33. The molecule has 2 aromatic heterocycles. The molecule has 0 saturated carbocycles. The number of rotatable bonds is 10. The molecular weight excluding hydrogens is 554 g/mol. The predicted molar refractivity (Wildman–Crippen MR) is 160 cm³/mol. The second-order valence-electron chi connectivity index (χ2n) is 10.1. The first-order chi connectivity index (χ1) is 20.4. The Labute approximate surface area is 249 Å². The van der Waals surface area contributed by atoms with Crippen molar-refractivity contribution in [2.75, 3.05) is 39.6 Å². The van der Waals surface area contributed by atoms with Crippen LogP contribution in [0, 0.1) is 6.92 Å². The summed E-state index contributed by atoms with van der Waals surface area (Å²) in [5.41, 5.74) is 2.48. The van der Waals surface area contributed by atoms with Crippen LogP contribution in [0.5, 0.6) is 11.5 Å². The largest absolute Gasteiger partial charge is 0.496 e. The van der Waals surface area contributed by atoms with Crippen molar-refractivity contribution in [1.82, 2.24) is 24.6 Å². The zero-order valence-corrected chi connectivity index (χ0v) is 25.1. The first-order valence-electron chi connectivity index (χ1n) is 13.9. The average molecular weight is 590 g/mol. The minimum atomic E-state index is -0.160. The van der Waals surface area contributed by atoms with Gasteiger partial charge in [-0.25, -0.2) is 0 Å². The predicted octanol–water partition coefficient (Wildman–Crippen LogP) is 5.10. The SMILES string of the molecule is COc1cccc(OC)c1C(=O)N1CCN(C(=O)CCCSc2nnc(-c3ccco3)n2-c2ccccc2C)CC1C. The summed E-state index contributed by atoms with van der Waals surface area (Å²) in [7, 11) is 3.07. The molecule has 4 aromatic rings. The molecule has 2 aromatic carbocycles. The summed E-state index contributed by atoms with van der Waals surface area (Å²) in [4.78, 5) is 30.2. The van der Waals surface area contributed by atoms with Crippen molar-refractivity contribution in [3.8, 4) is 28.8 Å². The van der Waals surface area contributed by atoms with E-state index in [1.54, 1.807) is 41.1 Å². The highest BCUT2D eigenvalue weighted by molar-refractivity contribution is 7.99. The third-order valence-corrected chi connectivity index (χ3v) is 8.40. The van der Waals surface area contributed by atoms with Gasteiger partial charge in [0.1, 0.15) is 17.1 Å². The van der Waals surface area contributed by atoms with Crippen LogP contribution in [0.2, 0.25) is 0 Å². The molecule has 0 N–H and O–H groups in total. The lowest BCUT2D eigenvalue weighted by atomic mass is 10.1. The Bertz CT molecular complexity index is 1510. The standard InChI is InChI=1S/C31H35N5O5S/c1-21-10-5-6-11-23(21)36-29(26-14-8-18-41-26)32-33-31(36)42-19-9-15-27(37)34-16-17-35(22(2)20-34)30(38)28-24(39-3)12-7-13-25(28)40-4/h5-8,10-14,18,22H,9,15-17,19-20H2,1-4H3. The van der Waals surface area contributed by atoms with Crippen LogP contribution in [0.1, 0.15) is 35.7 Å². The summed E-state index contributed by atoms with van der Waals surface area (Å²) < 4.78 is 18.5. The van der Waals surface area contributed by atoms with Crippen LogP contribution in [-0.4, -0.2) is 82.0 Å². The van der Waals surface area contributed by atoms with E-state index in [2.05, 4.69) is 23.2 Å². The summed E-state index contributed by atoms with van der Waals surface area (Å²) in [6.07, 6.45) is 2.72. The Morgan fingerprint density at radius 2 is 1.76 bits per heavy atom. The van der Waals surface area contributed by atoms with E-state index in [-0.39, 0.29) is 17.9 Å². The van der Waals surface area contributed by atoms with Crippen molar-refractivity contribution in [1.29, 1.82) is 0 Å². The molecule has 0 aliphatic carbocycles. The van der Waals surface area contributed by atoms with Crippen LogP contribution in [0.25, 0.3) is 17.3 Å². The van der Waals surface area contributed by atoms with Crippen molar-refractivity contribution in [2.24, 2.45) is 0 Å². The van der Waals surface area contributed by atoms with Crippen molar-refractivity contribution in [3.63, 3.8) is 0 Å². The van der Waals surface area contributed by atoms with Gasteiger partial charge < -0.3 is 23.7 Å². The number of ether oxygens (including phenoxy) is 2. The monoisotopic (exact) mass is 589 g/mol. The van der Waals surface area contributed by atoms with Gasteiger partial charge in [0.05, 0.1) is 26.2 Å². The first-order valence-corrected chi connectivity index (χ1v) is 14.9. The normalized spacial score (nSPS) is 15.1. The third-order valence-electron chi connectivity index (χ3n) is 7.38. The van der Waals surface area contributed by atoms with E-state index in [1.807, 2.05) is 46.7 Å². The van der Waals surface area contributed by atoms with Crippen molar-refractivity contribution in [3.05, 3.63) is 72.0 Å². The minimum Gasteiger partial charge on any atom is -0.496 e. The van der Waals surface area contributed by atoms with Crippen LogP contribution < -0.4 is 9.47 Å². The summed E-state index contributed by atoms with van der Waals surface area (Å²) in [5, 5.41) is 9.60. The van der Waals surface area contributed by atoms with E-state index < -0.39 is 0 Å².